The van der Waals surface area contributed by atoms with E-state index in [4.69, 9.17) is 0 Å². The Morgan fingerprint density at radius 2 is 1.76 bits per heavy atom. The van der Waals surface area contributed by atoms with E-state index in [0.29, 0.717) is 17.0 Å². The number of halogens is 2. The normalized spacial score (nSPS) is 24.0. The molecular weight excluding hydrogens is 268 g/mol. The summed E-state index contributed by atoms with van der Waals surface area (Å²) in [5.41, 5.74) is 1.16. The van der Waals surface area contributed by atoms with Crippen molar-refractivity contribution in [3.63, 3.8) is 0 Å². The zero-order valence-corrected chi connectivity index (χ0v) is 13.4. The Bertz CT molecular complexity index is 465. The highest BCUT2D eigenvalue weighted by molar-refractivity contribution is 5.29. The maximum absolute atomic E-state index is 14.2. The van der Waals surface area contributed by atoms with Crippen LogP contribution in [0.4, 0.5) is 8.78 Å². The van der Waals surface area contributed by atoms with Gasteiger partial charge in [-0.3, -0.25) is 0 Å². The Morgan fingerprint density at radius 3 is 2.33 bits per heavy atom. The van der Waals surface area contributed by atoms with E-state index in [9.17, 15) is 8.78 Å². The average Bonchev–Trinajstić information content (AvgIpc) is 2.49. The molecule has 118 valence electrons. The zero-order valence-electron chi connectivity index (χ0n) is 13.4. The Kier molecular flexibility index (Phi) is 5.74. The van der Waals surface area contributed by atoms with Crippen molar-refractivity contribution in [1.29, 1.82) is 0 Å². The van der Waals surface area contributed by atoms with Crippen LogP contribution in [-0.2, 0) is 0 Å². The molecule has 1 aliphatic carbocycles. The zero-order chi connectivity index (χ0) is 15.4. The lowest BCUT2D eigenvalue weighted by Gasteiger charge is -2.34. The standard InChI is InChI=1S/C18H27F2N/c1-4-13-6-8-14(9-7-13)18(21-5-2)15-10-12(3)16(19)11-17(15)20/h10-11,13-14,18,21H,4-9H2,1-3H3. The van der Waals surface area contributed by atoms with Crippen LogP contribution in [0.3, 0.4) is 0 Å². The summed E-state index contributed by atoms with van der Waals surface area (Å²) in [7, 11) is 0. The average molecular weight is 295 g/mol. The fraction of sp³-hybridized carbons (Fsp3) is 0.667. The van der Waals surface area contributed by atoms with Gasteiger partial charge in [-0.05, 0) is 49.8 Å². The van der Waals surface area contributed by atoms with Crippen molar-refractivity contribution in [2.75, 3.05) is 6.54 Å². The smallest absolute Gasteiger partial charge is 0.130 e. The Balaban J connectivity index is 2.21. The number of aryl methyl sites for hydroxylation is 1. The van der Waals surface area contributed by atoms with Crippen molar-refractivity contribution in [3.05, 3.63) is 34.9 Å². The van der Waals surface area contributed by atoms with E-state index in [2.05, 4.69) is 12.2 Å². The highest BCUT2D eigenvalue weighted by Crippen LogP contribution is 2.39. The van der Waals surface area contributed by atoms with Crippen LogP contribution < -0.4 is 5.32 Å². The van der Waals surface area contributed by atoms with E-state index in [1.807, 2.05) is 6.92 Å². The molecule has 1 N–H and O–H groups in total. The van der Waals surface area contributed by atoms with Gasteiger partial charge in [0.25, 0.3) is 0 Å². The second-order valence-corrected chi connectivity index (χ2v) is 6.35. The fourth-order valence-electron chi connectivity index (χ4n) is 3.60. The summed E-state index contributed by atoms with van der Waals surface area (Å²) in [4.78, 5) is 0. The first-order valence-corrected chi connectivity index (χ1v) is 8.25. The van der Waals surface area contributed by atoms with E-state index in [1.54, 1.807) is 13.0 Å². The molecule has 1 unspecified atom stereocenters. The van der Waals surface area contributed by atoms with Crippen molar-refractivity contribution in [2.45, 2.75) is 58.9 Å². The molecule has 0 spiro atoms. The maximum Gasteiger partial charge on any atom is 0.130 e. The van der Waals surface area contributed by atoms with Crippen molar-refractivity contribution >= 4 is 0 Å². The van der Waals surface area contributed by atoms with Crippen LogP contribution in [0.2, 0.25) is 0 Å². The molecule has 0 amide bonds. The van der Waals surface area contributed by atoms with Gasteiger partial charge >= 0.3 is 0 Å². The second kappa shape index (κ2) is 7.35. The van der Waals surface area contributed by atoms with Crippen molar-refractivity contribution < 1.29 is 8.78 Å². The van der Waals surface area contributed by atoms with Gasteiger partial charge < -0.3 is 5.32 Å². The monoisotopic (exact) mass is 295 g/mol. The molecule has 1 saturated carbocycles. The lowest BCUT2D eigenvalue weighted by molar-refractivity contribution is 0.217. The Morgan fingerprint density at radius 1 is 1.10 bits per heavy atom. The molecule has 1 aromatic rings. The predicted molar refractivity (Wildman–Crippen MR) is 83.3 cm³/mol. The van der Waals surface area contributed by atoms with Crippen molar-refractivity contribution in [3.8, 4) is 0 Å². The molecule has 1 fully saturated rings. The van der Waals surface area contributed by atoms with E-state index >= 15 is 0 Å². The van der Waals surface area contributed by atoms with Gasteiger partial charge in [-0.1, -0.05) is 33.1 Å². The molecule has 0 saturated heterocycles. The molecule has 1 nitrogen and oxygen atoms in total. The van der Waals surface area contributed by atoms with Crippen LogP contribution in [0, 0.1) is 30.4 Å². The third-order valence-electron chi connectivity index (χ3n) is 4.98. The first-order chi connectivity index (χ1) is 10.1. The van der Waals surface area contributed by atoms with Gasteiger partial charge in [0, 0.05) is 17.7 Å². The summed E-state index contributed by atoms with van der Waals surface area (Å²) in [6, 6.07) is 2.73. The highest BCUT2D eigenvalue weighted by Gasteiger charge is 2.29. The van der Waals surface area contributed by atoms with Crippen LogP contribution in [-0.4, -0.2) is 6.54 Å². The van der Waals surface area contributed by atoms with Gasteiger partial charge in [-0.15, -0.1) is 0 Å². The minimum Gasteiger partial charge on any atom is -0.310 e. The van der Waals surface area contributed by atoms with Crippen molar-refractivity contribution in [2.24, 2.45) is 11.8 Å². The summed E-state index contributed by atoms with van der Waals surface area (Å²) in [5, 5.41) is 3.43. The molecule has 21 heavy (non-hydrogen) atoms. The van der Waals surface area contributed by atoms with E-state index in [0.717, 1.165) is 31.4 Å². The second-order valence-electron chi connectivity index (χ2n) is 6.35. The quantitative estimate of drug-likeness (QED) is 0.793. The molecule has 2 rings (SSSR count). The van der Waals surface area contributed by atoms with Crippen LogP contribution >= 0.6 is 0 Å². The maximum atomic E-state index is 14.2. The molecule has 0 bridgehead atoms. The molecule has 0 radical (unpaired) electrons. The largest absolute Gasteiger partial charge is 0.310 e. The summed E-state index contributed by atoms with van der Waals surface area (Å²) in [5.74, 6) is 0.401. The summed E-state index contributed by atoms with van der Waals surface area (Å²) >= 11 is 0. The first-order valence-electron chi connectivity index (χ1n) is 8.25. The predicted octanol–water partition coefficient (Wildman–Crippen LogP) is 5.14. The molecule has 1 aliphatic rings. The third-order valence-corrected chi connectivity index (χ3v) is 4.98. The number of nitrogens with one attached hydrogen (secondary N) is 1. The molecular formula is C18H27F2N. The molecule has 0 heterocycles. The topological polar surface area (TPSA) is 12.0 Å². The highest BCUT2D eigenvalue weighted by atomic mass is 19.1. The number of rotatable bonds is 5. The molecule has 0 aromatic heterocycles. The molecule has 1 aromatic carbocycles. The van der Waals surface area contributed by atoms with Gasteiger partial charge in [-0.25, -0.2) is 8.78 Å². The van der Waals surface area contributed by atoms with E-state index in [1.165, 1.54) is 19.3 Å². The van der Waals surface area contributed by atoms with E-state index < -0.39 is 11.6 Å². The van der Waals surface area contributed by atoms with Crippen molar-refractivity contribution in [1.82, 2.24) is 5.32 Å². The summed E-state index contributed by atoms with van der Waals surface area (Å²) < 4.78 is 27.7. The Labute approximate surface area is 127 Å². The minimum absolute atomic E-state index is 0.00658. The van der Waals surface area contributed by atoms with Gasteiger partial charge in [0.15, 0.2) is 0 Å². The van der Waals surface area contributed by atoms with Crippen LogP contribution in [0.25, 0.3) is 0 Å². The SMILES string of the molecule is CCNC(c1cc(C)c(F)cc1F)C1CCC(CC)CC1. The number of hydrogen-bond acceptors (Lipinski definition) is 1. The van der Waals surface area contributed by atoms with Gasteiger partial charge in [0.2, 0.25) is 0 Å². The van der Waals surface area contributed by atoms with Gasteiger partial charge in [0.05, 0.1) is 0 Å². The van der Waals surface area contributed by atoms with Gasteiger partial charge in [0.1, 0.15) is 11.6 Å². The van der Waals surface area contributed by atoms with Gasteiger partial charge in [-0.2, -0.15) is 0 Å². The van der Waals surface area contributed by atoms with Crippen LogP contribution in [0.1, 0.15) is 63.1 Å². The third kappa shape index (κ3) is 3.82. The molecule has 1 atom stereocenters. The number of hydrogen-bond donors (Lipinski definition) is 1. The molecule has 0 aliphatic heterocycles. The van der Waals surface area contributed by atoms with Crippen LogP contribution in [0.15, 0.2) is 12.1 Å². The molecule has 3 heteroatoms. The summed E-state index contributed by atoms with van der Waals surface area (Å²) in [6.07, 6.45) is 5.95. The first kappa shape index (κ1) is 16.4. The lowest BCUT2D eigenvalue weighted by atomic mass is 9.75. The summed E-state index contributed by atoms with van der Waals surface area (Å²) in [6.45, 7) is 6.79. The minimum atomic E-state index is -0.457. The fourth-order valence-corrected chi connectivity index (χ4v) is 3.60. The number of benzene rings is 1. The lowest BCUT2D eigenvalue weighted by Crippen LogP contribution is -2.31. The van der Waals surface area contributed by atoms with E-state index in [-0.39, 0.29) is 6.04 Å². The Hall–Kier alpha value is -0.960. The van der Waals surface area contributed by atoms with Crippen LogP contribution in [0.5, 0.6) is 0 Å².